The third-order valence-corrected chi connectivity index (χ3v) is 4.59. The summed E-state index contributed by atoms with van der Waals surface area (Å²) in [6.45, 7) is 3.38. The number of amides is 2. The van der Waals surface area contributed by atoms with Crippen molar-refractivity contribution in [1.82, 2.24) is 10.2 Å². The highest BCUT2D eigenvalue weighted by Crippen LogP contribution is 2.21. The van der Waals surface area contributed by atoms with E-state index in [1.165, 1.54) is 12.1 Å². The SMILES string of the molecule is O=C(NCc1ccc(F)cc1)N1CCN(c2cccc(Br)c2)CC1. The lowest BCUT2D eigenvalue weighted by Gasteiger charge is -2.36. The molecule has 1 aliphatic heterocycles. The molecule has 2 amide bonds. The minimum Gasteiger partial charge on any atom is -0.368 e. The molecule has 1 N–H and O–H groups in total. The van der Waals surface area contributed by atoms with Gasteiger partial charge in [-0.05, 0) is 35.9 Å². The molecule has 2 aromatic rings. The Morgan fingerprint density at radius 1 is 1.08 bits per heavy atom. The number of rotatable bonds is 3. The second kappa shape index (κ2) is 7.66. The van der Waals surface area contributed by atoms with Crippen LogP contribution in [0.15, 0.2) is 53.0 Å². The van der Waals surface area contributed by atoms with Crippen LogP contribution in [0.25, 0.3) is 0 Å². The van der Waals surface area contributed by atoms with Gasteiger partial charge in [-0.1, -0.05) is 34.1 Å². The van der Waals surface area contributed by atoms with Crippen LogP contribution in [0.4, 0.5) is 14.9 Å². The number of piperazine rings is 1. The van der Waals surface area contributed by atoms with Crippen LogP contribution in [0.1, 0.15) is 5.56 Å². The molecule has 0 spiro atoms. The van der Waals surface area contributed by atoms with Gasteiger partial charge in [-0.3, -0.25) is 0 Å². The van der Waals surface area contributed by atoms with Crippen molar-refractivity contribution < 1.29 is 9.18 Å². The van der Waals surface area contributed by atoms with Gasteiger partial charge < -0.3 is 15.1 Å². The minimum absolute atomic E-state index is 0.0757. The molecule has 3 rings (SSSR count). The second-order valence-corrected chi connectivity index (χ2v) is 6.65. The largest absolute Gasteiger partial charge is 0.368 e. The van der Waals surface area contributed by atoms with Crippen LogP contribution in [-0.4, -0.2) is 37.1 Å². The third-order valence-electron chi connectivity index (χ3n) is 4.10. The van der Waals surface area contributed by atoms with Crippen molar-refractivity contribution in [3.05, 3.63) is 64.4 Å². The summed E-state index contributed by atoms with van der Waals surface area (Å²) in [5.74, 6) is -0.270. The normalized spacial score (nSPS) is 14.6. The van der Waals surface area contributed by atoms with Crippen molar-refractivity contribution in [3.63, 3.8) is 0 Å². The molecular formula is C18H19BrFN3O. The van der Waals surface area contributed by atoms with Gasteiger partial charge in [-0.2, -0.15) is 0 Å². The summed E-state index contributed by atoms with van der Waals surface area (Å²) in [5, 5.41) is 2.89. The van der Waals surface area contributed by atoms with Gasteiger partial charge in [0.2, 0.25) is 0 Å². The van der Waals surface area contributed by atoms with Gasteiger partial charge >= 0.3 is 6.03 Å². The molecule has 4 nitrogen and oxygen atoms in total. The number of carbonyl (C=O) groups is 1. The average Bonchev–Trinajstić information content (AvgIpc) is 2.61. The molecule has 2 aromatic carbocycles. The van der Waals surface area contributed by atoms with E-state index in [0.29, 0.717) is 19.6 Å². The van der Waals surface area contributed by atoms with E-state index in [1.807, 2.05) is 17.0 Å². The van der Waals surface area contributed by atoms with Crippen molar-refractivity contribution in [2.24, 2.45) is 0 Å². The van der Waals surface area contributed by atoms with Crippen LogP contribution >= 0.6 is 15.9 Å². The summed E-state index contributed by atoms with van der Waals surface area (Å²) in [7, 11) is 0. The molecule has 0 radical (unpaired) electrons. The van der Waals surface area contributed by atoms with Crippen molar-refractivity contribution in [3.8, 4) is 0 Å². The fourth-order valence-corrected chi connectivity index (χ4v) is 3.12. The molecule has 0 saturated carbocycles. The lowest BCUT2D eigenvalue weighted by atomic mass is 10.2. The van der Waals surface area contributed by atoms with E-state index in [9.17, 15) is 9.18 Å². The van der Waals surface area contributed by atoms with Crippen LogP contribution < -0.4 is 10.2 Å². The van der Waals surface area contributed by atoms with Crippen LogP contribution in [0.5, 0.6) is 0 Å². The number of nitrogens with one attached hydrogen (secondary N) is 1. The van der Waals surface area contributed by atoms with Gasteiger partial charge in [0.1, 0.15) is 5.82 Å². The molecule has 1 heterocycles. The van der Waals surface area contributed by atoms with Gasteiger partial charge in [-0.25, -0.2) is 9.18 Å². The number of carbonyl (C=O) groups excluding carboxylic acids is 1. The predicted molar refractivity (Wildman–Crippen MR) is 96.6 cm³/mol. The molecule has 0 aromatic heterocycles. The Hall–Kier alpha value is -2.08. The molecule has 0 unspecified atom stereocenters. The zero-order valence-corrected chi connectivity index (χ0v) is 14.8. The third kappa shape index (κ3) is 4.26. The van der Waals surface area contributed by atoms with Crippen LogP contribution in [-0.2, 0) is 6.54 Å². The highest BCUT2D eigenvalue weighted by atomic mass is 79.9. The number of anilines is 1. The van der Waals surface area contributed by atoms with E-state index in [1.54, 1.807) is 12.1 Å². The smallest absolute Gasteiger partial charge is 0.317 e. The second-order valence-electron chi connectivity index (χ2n) is 5.74. The first kappa shape index (κ1) is 16.8. The number of hydrogen-bond donors (Lipinski definition) is 1. The highest BCUT2D eigenvalue weighted by molar-refractivity contribution is 9.10. The minimum atomic E-state index is -0.270. The van der Waals surface area contributed by atoms with Crippen molar-refractivity contribution in [1.29, 1.82) is 0 Å². The maximum absolute atomic E-state index is 12.9. The topological polar surface area (TPSA) is 35.6 Å². The first-order valence-corrected chi connectivity index (χ1v) is 8.69. The van der Waals surface area contributed by atoms with Crippen LogP contribution in [0.2, 0.25) is 0 Å². The van der Waals surface area contributed by atoms with Gasteiger partial charge in [0, 0.05) is 42.9 Å². The van der Waals surface area contributed by atoms with E-state index in [4.69, 9.17) is 0 Å². The Balaban J connectivity index is 1.49. The van der Waals surface area contributed by atoms with Gasteiger partial charge in [0.25, 0.3) is 0 Å². The molecule has 1 aliphatic rings. The van der Waals surface area contributed by atoms with Gasteiger partial charge in [0.05, 0.1) is 0 Å². The summed E-state index contributed by atoms with van der Waals surface area (Å²) >= 11 is 3.49. The van der Waals surface area contributed by atoms with Crippen molar-refractivity contribution in [2.45, 2.75) is 6.54 Å². The number of benzene rings is 2. The summed E-state index contributed by atoms with van der Waals surface area (Å²) in [6, 6.07) is 14.3. The molecule has 6 heteroatoms. The van der Waals surface area contributed by atoms with Gasteiger partial charge in [-0.15, -0.1) is 0 Å². The monoisotopic (exact) mass is 391 g/mol. The molecule has 1 fully saturated rings. The molecule has 126 valence electrons. The Bertz CT molecular complexity index is 700. The quantitative estimate of drug-likeness (QED) is 0.866. The fourth-order valence-electron chi connectivity index (χ4n) is 2.73. The van der Waals surface area contributed by atoms with Crippen LogP contribution in [0.3, 0.4) is 0 Å². The fraction of sp³-hybridized carbons (Fsp3) is 0.278. The van der Waals surface area contributed by atoms with E-state index in [2.05, 4.69) is 38.3 Å². The first-order chi connectivity index (χ1) is 11.6. The summed E-state index contributed by atoms with van der Waals surface area (Å²) in [6.07, 6.45) is 0. The number of nitrogens with zero attached hydrogens (tertiary/aromatic N) is 2. The van der Waals surface area contributed by atoms with E-state index < -0.39 is 0 Å². The molecule has 0 bridgehead atoms. The number of halogens is 2. The van der Waals surface area contributed by atoms with E-state index in [0.717, 1.165) is 28.8 Å². The predicted octanol–water partition coefficient (Wildman–Crippen LogP) is 3.62. The van der Waals surface area contributed by atoms with Crippen molar-refractivity contribution >= 4 is 27.6 Å². The summed E-state index contributed by atoms with van der Waals surface area (Å²) in [5.41, 5.74) is 2.05. The Morgan fingerprint density at radius 2 is 1.79 bits per heavy atom. The number of hydrogen-bond acceptors (Lipinski definition) is 2. The molecule has 0 aliphatic carbocycles. The lowest BCUT2D eigenvalue weighted by Crippen LogP contribution is -2.51. The van der Waals surface area contributed by atoms with Crippen LogP contribution in [0, 0.1) is 5.82 Å². The summed E-state index contributed by atoms with van der Waals surface area (Å²) in [4.78, 5) is 16.3. The van der Waals surface area contributed by atoms with E-state index in [-0.39, 0.29) is 11.8 Å². The average molecular weight is 392 g/mol. The zero-order chi connectivity index (χ0) is 16.9. The highest BCUT2D eigenvalue weighted by Gasteiger charge is 2.21. The molecule has 1 saturated heterocycles. The summed E-state index contributed by atoms with van der Waals surface area (Å²) < 4.78 is 13.9. The molecule has 0 atom stereocenters. The molecule has 24 heavy (non-hydrogen) atoms. The van der Waals surface area contributed by atoms with E-state index >= 15 is 0 Å². The van der Waals surface area contributed by atoms with Gasteiger partial charge in [0.15, 0.2) is 0 Å². The van der Waals surface area contributed by atoms with Crippen molar-refractivity contribution in [2.75, 3.05) is 31.1 Å². The Morgan fingerprint density at radius 3 is 2.46 bits per heavy atom. The standard InChI is InChI=1S/C18H19BrFN3O/c19-15-2-1-3-17(12-15)22-8-10-23(11-9-22)18(24)21-13-14-4-6-16(20)7-5-14/h1-7,12H,8-11,13H2,(H,21,24). The lowest BCUT2D eigenvalue weighted by molar-refractivity contribution is 0.194. The first-order valence-electron chi connectivity index (χ1n) is 7.89. The maximum Gasteiger partial charge on any atom is 0.317 e. The Kier molecular flexibility index (Phi) is 5.35. The maximum atomic E-state index is 12.9. The Labute approximate surface area is 149 Å². The zero-order valence-electron chi connectivity index (χ0n) is 13.2. The number of urea groups is 1. The molecular weight excluding hydrogens is 373 g/mol.